The predicted molar refractivity (Wildman–Crippen MR) is 91.8 cm³/mol. The number of carbonyl (C=O) groups excluding carboxylic acids is 1. The maximum atomic E-state index is 11.0. The molecule has 1 aliphatic rings. The van der Waals surface area contributed by atoms with Crippen molar-refractivity contribution in [1.82, 2.24) is 4.90 Å². The van der Waals surface area contributed by atoms with Crippen LogP contribution in [0.25, 0.3) is 0 Å². The number of hydrogen-bond acceptors (Lipinski definition) is 5. The first-order valence-electron chi connectivity index (χ1n) is 7.88. The quantitative estimate of drug-likeness (QED) is 0.773. The van der Waals surface area contributed by atoms with Crippen LogP contribution in [-0.4, -0.2) is 33.6 Å². The van der Waals surface area contributed by atoms with Gasteiger partial charge >= 0.3 is 0 Å². The Hall–Kier alpha value is -2.08. The molecule has 1 aromatic rings. The molecule has 23 heavy (non-hydrogen) atoms. The van der Waals surface area contributed by atoms with Crippen molar-refractivity contribution in [2.45, 2.75) is 52.4 Å². The molecular formula is C17H26N4O2. The number of aliphatic imine (C=N–C) groups is 1. The van der Waals surface area contributed by atoms with Gasteiger partial charge in [0.05, 0.1) is 0 Å². The monoisotopic (exact) mass is 318 g/mol. The lowest BCUT2D eigenvalue weighted by Gasteiger charge is -2.32. The van der Waals surface area contributed by atoms with Gasteiger partial charge in [0.25, 0.3) is 0 Å². The molecule has 2 atom stereocenters. The fourth-order valence-electron chi connectivity index (χ4n) is 3.08. The number of benzene rings is 1. The molecule has 0 saturated heterocycles. The first-order chi connectivity index (χ1) is 10.7. The first-order valence-corrected chi connectivity index (χ1v) is 7.88. The largest absolute Gasteiger partial charge is 0.371 e. The number of anilines is 1. The van der Waals surface area contributed by atoms with E-state index in [9.17, 15) is 9.90 Å². The number of aliphatic hydroxyl groups excluding tert-OH is 1. The van der Waals surface area contributed by atoms with Gasteiger partial charge in [-0.15, -0.1) is 0 Å². The molecule has 6 heteroatoms. The number of carbonyl (C=O) groups is 1. The third-order valence-corrected chi connectivity index (χ3v) is 3.96. The van der Waals surface area contributed by atoms with E-state index in [0.29, 0.717) is 18.4 Å². The molecule has 0 fully saturated rings. The molecule has 0 bridgehead atoms. The van der Waals surface area contributed by atoms with E-state index in [2.05, 4.69) is 24.2 Å². The van der Waals surface area contributed by atoms with Crippen molar-refractivity contribution < 1.29 is 9.90 Å². The molecule has 2 unspecified atom stereocenters. The van der Waals surface area contributed by atoms with E-state index < -0.39 is 11.8 Å². The second-order valence-corrected chi connectivity index (χ2v) is 6.80. The average Bonchev–Trinajstić information content (AvgIpc) is 2.62. The van der Waals surface area contributed by atoms with Gasteiger partial charge in [-0.05, 0) is 37.0 Å². The lowest BCUT2D eigenvalue weighted by Crippen LogP contribution is -2.47. The average molecular weight is 318 g/mol. The van der Waals surface area contributed by atoms with Gasteiger partial charge in [0.15, 0.2) is 12.2 Å². The second-order valence-electron chi connectivity index (χ2n) is 6.80. The predicted octanol–water partition coefficient (Wildman–Crippen LogP) is 1.90. The highest BCUT2D eigenvalue weighted by Crippen LogP contribution is 2.32. The Balaban J connectivity index is 2.08. The number of aliphatic hydroxyl groups is 1. The molecule has 1 aliphatic heterocycles. The minimum absolute atomic E-state index is 0.103. The lowest BCUT2D eigenvalue weighted by atomic mass is 9.90. The lowest BCUT2D eigenvalue weighted by molar-refractivity contribution is -0.114. The highest BCUT2D eigenvalue weighted by molar-refractivity contribution is 5.88. The summed E-state index contributed by atoms with van der Waals surface area (Å²) < 4.78 is 0. The normalized spacial score (nSPS) is 24.0. The maximum Gasteiger partial charge on any atom is 0.221 e. The summed E-state index contributed by atoms with van der Waals surface area (Å²) in [5, 5.41) is 13.4. The fourth-order valence-corrected chi connectivity index (χ4v) is 3.08. The molecule has 0 aliphatic carbocycles. The smallest absolute Gasteiger partial charge is 0.221 e. The van der Waals surface area contributed by atoms with Gasteiger partial charge in [-0.1, -0.05) is 26.0 Å². The second kappa shape index (κ2) is 6.58. The Labute approximate surface area is 137 Å². The van der Waals surface area contributed by atoms with Gasteiger partial charge in [0.2, 0.25) is 5.91 Å². The van der Waals surface area contributed by atoms with E-state index in [4.69, 9.17) is 5.73 Å². The van der Waals surface area contributed by atoms with Gasteiger partial charge in [-0.25, -0.2) is 4.99 Å². The number of amides is 1. The molecule has 0 saturated carbocycles. The van der Waals surface area contributed by atoms with Crippen molar-refractivity contribution in [1.29, 1.82) is 0 Å². The van der Waals surface area contributed by atoms with Crippen LogP contribution in [-0.2, 0) is 11.3 Å². The molecule has 0 aromatic heterocycles. The number of hydrogen-bond donors (Lipinski definition) is 3. The van der Waals surface area contributed by atoms with E-state index in [1.165, 1.54) is 6.92 Å². The molecule has 1 aromatic carbocycles. The highest BCUT2D eigenvalue weighted by atomic mass is 16.3. The van der Waals surface area contributed by atoms with Crippen molar-refractivity contribution in [2.24, 2.45) is 16.6 Å². The minimum Gasteiger partial charge on any atom is -0.371 e. The van der Waals surface area contributed by atoms with Crippen molar-refractivity contribution in [3.63, 3.8) is 0 Å². The maximum absolute atomic E-state index is 11.0. The first kappa shape index (κ1) is 17.3. The Morgan fingerprint density at radius 2 is 2.04 bits per heavy atom. The van der Waals surface area contributed by atoms with Gasteiger partial charge in [0, 0.05) is 19.2 Å². The van der Waals surface area contributed by atoms with Crippen LogP contribution in [0, 0.1) is 5.92 Å². The summed E-state index contributed by atoms with van der Waals surface area (Å²) >= 11 is 0. The molecular weight excluding hydrogens is 292 g/mol. The standard InChI is InChI=1S/C17H26N4O2/c1-11(2)9-17(4)15(23)21(16(18)20-17)10-13-5-7-14(8-6-13)19-12(3)22/h5-8,11,15,23H,9-10H2,1-4H3,(H2,18,20)(H,19,22). The number of nitrogens with zero attached hydrogens (tertiary/aromatic N) is 2. The Kier molecular flexibility index (Phi) is 4.94. The SMILES string of the molecule is CC(=O)Nc1ccc(CN2C(N)=NC(C)(CC(C)C)C2O)cc1. The summed E-state index contributed by atoms with van der Waals surface area (Å²) in [6, 6.07) is 7.48. The van der Waals surface area contributed by atoms with Crippen LogP contribution in [0.4, 0.5) is 5.69 Å². The Morgan fingerprint density at radius 1 is 1.43 bits per heavy atom. The number of rotatable bonds is 5. The summed E-state index contributed by atoms with van der Waals surface area (Å²) in [5.74, 6) is 0.684. The van der Waals surface area contributed by atoms with Crippen LogP contribution in [0.3, 0.4) is 0 Å². The van der Waals surface area contributed by atoms with Gasteiger partial charge in [0.1, 0.15) is 5.54 Å². The van der Waals surface area contributed by atoms with E-state index in [1.54, 1.807) is 4.90 Å². The van der Waals surface area contributed by atoms with Crippen molar-refractivity contribution in [3.8, 4) is 0 Å². The van der Waals surface area contributed by atoms with Crippen molar-refractivity contribution >= 4 is 17.6 Å². The molecule has 1 heterocycles. The van der Waals surface area contributed by atoms with E-state index in [1.807, 2.05) is 31.2 Å². The summed E-state index contributed by atoms with van der Waals surface area (Å²) in [5.41, 5.74) is 7.18. The summed E-state index contributed by atoms with van der Waals surface area (Å²) in [6.07, 6.45) is 0.0345. The van der Waals surface area contributed by atoms with Gasteiger partial charge in [-0.3, -0.25) is 4.79 Å². The third kappa shape index (κ3) is 4.01. The molecule has 6 nitrogen and oxygen atoms in total. The summed E-state index contributed by atoms with van der Waals surface area (Å²) in [4.78, 5) is 17.2. The summed E-state index contributed by atoms with van der Waals surface area (Å²) in [7, 11) is 0. The minimum atomic E-state index is -0.736. The van der Waals surface area contributed by atoms with Crippen LogP contribution >= 0.6 is 0 Å². The summed E-state index contributed by atoms with van der Waals surface area (Å²) in [6.45, 7) is 8.09. The van der Waals surface area contributed by atoms with E-state index in [0.717, 1.165) is 17.7 Å². The van der Waals surface area contributed by atoms with Crippen LogP contribution in [0.2, 0.25) is 0 Å². The van der Waals surface area contributed by atoms with Crippen LogP contribution in [0.15, 0.2) is 29.3 Å². The topological polar surface area (TPSA) is 91.0 Å². The van der Waals surface area contributed by atoms with Crippen molar-refractivity contribution in [2.75, 3.05) is 5.32 Å². The highest BCUT2D eigenvalue weighted by Gasteiger charge is 2.43. The number of nitrogens with one attached hydrogen (secondary N) is 1. The Bertz CT molecular complexity index is 597. The van der Waals surface area contributed by atoms with Crippen LogP contribution < -0.4 is 11.1 Å². The van der Waals surface area contributed by atoms with Crippen molar-refractivity contribution in [3.05, 3.63) is 29.8 Å². The van der Waals surface area contributed by atoms with Crippen LogP contribution in [0.5, 0.6) is 0 Å². The zero-order valence-corrected chi connectivity index (χ0v) is 14.2. The van der Waals surface area contributed by atoms with E-state index >= 15 is 0 Å². The third-order valence-electron chi connectivity index (χ3n) is 3.96. The molecule has 2 rings (SSSR count). The molecule has 0 spiro atoms. The molecule has 0 radical (unpaired) electrons. The zero-order chi connectivity index (χ0) is 17.2. The fraction of sp³-hybridized carbons (Fsp3) is 0.529. The van der Waals surface area contributed by atoms with Gasteiger partial charge < -0.3 is 21.1 Å². The molecule has 1 amide bonds. The van der Waals surface area contributed by atoms with Crippen LogP contribution in [0.1, 0.15) is 39.7 Å². The Morgan fingerprint density at radius 3 is 2.57 bits per heavy atom. The number of nitrogens with two attached hydrogens (primary N) is 1. The molecule has 4 N–H and O–H groups in total. The van der Waals surface area contributed by atoms with E-state index in [-0.39, 0.29) is 5.91 Å². The van der Waals surface area contributed by atoms with Gasteiger partial charge in [-0.2, -0.15) is 0 Å². The number of guanidine groups is 1. The molecule has 126 valence electrons. The zero-order valence-electron chi connectivity index (χ0n) is 14.2.